The number of allylic oxidation sites excluding steroid dienone is 9. The zero-order valence-corrected chi connectivity index (χ0v) is 34.9. The van der Waals surface area contributed by atoms with E-state index in [1.165, 1.54) is 96.3 Å². The molecule has 1 amide bonds. The Morgan fingerprint density at radius 1 is 0.623 bits per heavy atom. The van der Waals surface area contributed by atoms with Crippen LogP contribution in [-0.2, 0) is 18.4 Å². The standard InChI is InChI=1S/C44H81N2O6P/c1-3-5-7-9-11-13-15-17-19-21-22-24-26-28-30-32-34-36-38-44(48)46-42(41-52-53(49,50)51-40-39-45)43(47)37-35-33-31-29-27-25-23-20-18-16-14-12-10-8-6-4-2/h13,15,18-21,27,29,35,37,42-43,47H,3-12,14,16-17,22-26,28,30-34,36,38-41,45H2,1-2H3,(H,46,48)(H,49,50)/b15-13-,20-18+,21-19-,29-27+,37-35+. The second-order valence-corrected chi connectivity index (χ2v) is 15.6. The molecule has 5 N–H and O–H groups in total. The highest BCUT2D eigenvalue weighted by atomic mass is 31.2. The average molecular weight is 765 g/mol. The minimum Gasteiger partial charge on any atom is -0.387 e. The summed E-state index contributed by atoms with van der Waals surface area (Å²) in [4.78, 5) is 22.7. The molecule has 0 fully saturated rings. The maximum absolute atomic E-state index is 12.7. The predicted molar refractivity (Wildman–Crippen MR) is 226 cm³/mol. The molecule has 0 aliphatic carbocycles. The summed E-state index contributed by atoms with van der Waals surface area (Å²) in [7, 11) is -4.35. The number of nitrogens with one attached hydrogen (secondary N) is 1. The van der Waals surface area contributed by atoms with Crippen molar-refractivity contribution < 1.29 is 28.4 Å². The van der Waals surface area contributed by atoms with Crippen LogP contribution in [0.2, 0.25) is 0 Å². The number of unbranched alkanes of at least 4 members (excludes halogenated alkanes) is 19. The van der Waals surface area contributed by atoms with Crippen molar-refractivity contribution in [3.63, 3.8) is 0 Å². The van der Waals surface area contributed by atoms with Crippen LogP contribution in [0.4, 0.5) is 0 Å². The van der Waals surface area contributed by atoms with Crippen molar-refractivity contribution in [2.45, 2.75) is 193 Å². The van der Waals surface area contributed by atoms with Crippen LogP contribution in [0.3, 0.4) is 0 Å². The Morgan fingerprint density at radius 3 is 1.58 bits per heavy atom. The van der Waals surface area contributed by atoms with Crippen LogP contribution >= 0.6 is 7.82 Å². The van der Waals surface area contributed by atoms with Gasteiger partial charge in [0.1, 0.15) is 0 Å². The Bertz CT molecular complexity index is 1010. The van der Waals surface area contributed by atoms with E-state index in [0.717, 1.165) is 64.2 Å². The monoisotopic (exact) mass is 765 g/mol. The molecule has 0 saturated heterocycles. The lowest BCUT2D eigenvalue weighted by atomic mass is 10.1. The number of hydrogen-bond donors (Lipinski definition) is 4. The summed E-state index contributed by atoms with van der Waals surface area (Å²) in [5, 5.41) is 13.6. The summed E-state index contributed by atoms with van der Waals surface area (Å²) >= 11 is 0. The van der Waals surface area contributed by atoms with E-state index < -0.39 is 20.0 Å². The van der Waals surface area contributed by atoms with Crippen molar-refractivity contribution in [2.24, 2.45) is 5.73 Å². The van der Waals surface area contributed by atoms with Crippen LogP contribution in [0.15, 0.2) is 60.8 Å². The Hall–Kier alpha value is -1.80. The van der Waals surface area contributed by atoms with Crippen molar-refractivity contribution in [1.82, 2.24) is 5.32 Å². The molecule has 53 heavy (non-hydrogen) atoms. The first-order valence-corrected chi connectivity index (χ1v) is 22.9. The molecular weight excluding hydrogens is 683 g/mol. The molecule has 3 atom stereocenters. The maximum Gasteiger partial charge on any atom is 0.472 e. The van der Waals surface area contributed by atoms with Crippen LogP contribution in [-0.4, -0.2) is 47.8 Å². The lowest BCUT2D eigenvalue weighted by Gasteiger charge is -2.23. The van der Waals surface area contributed by atoms with E-state index >= 15 is 0 Å². The third-order valence-corrected chi connectivity index (χ3v) is 10.0. The third-order valence-electron chi connectivity index (χ3n) is 9.04. The molecule has 0 radical (unpaired) electrons. The summed E-state index contributed by atoms with van der Waals surface area (Å²) in [5.41, 5.74) is 5.37. The first kappa shape index (κ1) is 51.2. The molecule has 9 heteroatoms. The van der Waals surface area contributed by atoms with E-state index in [-0.39, 0.29) is 25.7 Å². The highest BCUT2D eigenvalue weighted by molar-refractivity contribution is 7.47. The molecule has 0 saturated carbocycles. The fraction of sp³-hybridized carbons (Fsp3) is 0.750. The topological polar surface area (TPSA) is 131 Å². The number of amides is 1. The molecule has 0 aromatic carbocycles. The molecule has 0 aromatic rings. The number of carbonyl (C=O) groups is 1. The maximum atomic E-state index is 12.7. The summed E-state index contributed by atoms with van der Waals surface area (Å²) < 4.78 is 22.1. The minimum absolute atomic E-state index is 0.0680. The van der Waals surface area contributed by atoms with Crippen LogP contribution in [0.5, 0.6) is 0 Å². The second kappa shape index (κ2) is 39.9. The Kier molecular flexibility index (Phi) is 38.5. The lowest BCUT2D eigenvalue weighted by Crippen LogP contribution is -2.45. The zero-order chi connectivity index (χ0) is 38.9. The molecule has 8 nitrogen and oxygen atoms in total. The summed E-state index contributed by atoms with van der Waals surface area (Å²) in [6, 6.07) is -0.889. The van der Waals surface area contributed by atoms with Crippen LogP contribution in [0.25, 0.3) is 0 Å². The average Bonchev–Trinajstić information content (AvgIpc) is 3.14. The van der Waals surface area contributed by atoms with Crippen molar-refractivity contribution in [1.29, 1.82) is 0 Å². The molecule has 3 unspecified atom stereocenters. The number of hydrogen-bond acceptors (Lipinski definition) is 6. The molecule has 0 spiro atoms. The minimum atomic E-state index is -4.35. The molecule has 0 aliphatic heterocycles. The van der Waals surface area contributed by atoms with E-state index in [1.54, 1.807) is 6.08 Å². The van der Waals surface area contributed by atoms with E-state index in [1.807, 2.05) is 6.08 Å². The first-order valence-electron chi connectivity index (χ1n) is 21.4. The molecule has 0 bridgehead atoms. The van der Waals surface area contributed by atoms with Gasteiger partial charge in [-0.3, -0.25) is 13.8 Å². The molecule has 308 valence electrons. The van der Waals surface area contributed by atoms with Gasteiger partial charge in [0, 0.05) is 13.0 Å². The van der Waals surface area contributed by atoms with Crippen molar-refractivity contribution >= 4 is 13.7 Å². The summed E-state index contributed by atoms with van der Waals surface area (Å²) in [5.74, 6) is -0.219. The highest BCUT2D eigenvalue weighted by Gasteiger charge is 2.26. The van der Waals surface area contributed by atoms with Gasteiger partial charge >= 0.3 is 7.82 Å². The van der Waals surface area contributed by atoms with E-state index in [0.29, 0.717) is 6.42 Å². The predicted octanol–water partition coefficient (Wildman–Crippen LogP) is 11.9. The summed E-state index contributed by atoms with van der Waals surface area (Å²) in [6.45, 7) is 4.06. The number of phosphoric acid groups is 1. The molecule has 0 heterocycles. The van der Waals surface area contributed by atoms with Gasteiger partial charge in [-0.15, -0.1) is 0 Å². The Balaban J connectivity index is 4.33. The second-order valence-electron chi connectivity index (χ2n) is 14.2. The van der Waals surface area contributed by atoms with E-state index in [2.05, 4.69) is 67.8 Å². The van der Waals surface area contributed by atoms with Crippen molar-refractivity contribution in [2.75, 3.05) is 19.8 Å². The van der Waals surface area contributed by atoms with Crippen LogP contribution in [0.1, 0.15) is 181 Å². The van der Waals surface area contributed by atoms with Gasteiger partial charge in [-0.05, 0) is 77.0 Å². The molecule has 0 aromatic heterocycles. The highest BCUT2D eigenvalue weighted by Crippen LogP contribution is 2.43. The van der Waals surface area contributed by atoms with Gasteiger partial charge in [0.15, 0.2) is 0 Å². The third kappa shape index (κ3) is 38.3. The van der Waals surface area contributed by atoms with Gasteiger partial charge in [0.25, 0.3) is 0 Å². The van der Waals surface area contributed by atoms with Crippen molar-refractivity contribution in [3.05, 3.63) is 60.8 Å². The van der Waals surface area contributed by atoms with E-state index in [9.17, 15) is 19.4 Å². The lowest BCUT2D eigenvalue weighted by molar-refractivity contribution is -0.123. The van der Waals surface area contributed by atoms with Crippen molar-refractivity contribution in [3.8, 4) is 0 Å². The number of carbonyl (C=O) groups excluding carboxylic acids is 1. The van der Waals surface area contributed by atoms with Gasteiger partial charge in [-0.1, -0.05) is 158 Å². The van der Waals surface area contributed by atoms with Gasteiger partial charge in [-0.25, -0.2) is 4.57 Å². The van der Waals surface area contributed by atoms with Gasteiger partial charge in [0.05, 0.1) is 25.4 Å². The Labute approximate surface area is 325 Å². The normalized spacial score (nSPS) is 14.7. The fourth-order valence-corrected chi connectivity index (χ4v) is 6.54. The zero-order valence-electron chi connectivity index (χ0n) is 34.0. The van der Waals surface area contributed by atoms with Gasteiger partial charge in [-0.2, -0.15) is 0 Å². The molecule has 0 aliphatic rings. The summed E-state index contributed by atoms with van der Waals surface area (Å²) in [6.07, 6.45) is 49.8. The quantitative estimate of drug-likeness (QED) is 0.0278. The van der Waals surface area contributed by atoms with E-state index in [4.69, 9.17) is 14.8 Å². The fourth-order valence-electron chi connectivity index (χ4n) is 5.78. The first-order chi connectivity index (χ1) is 25.9. The van der Waals surface area contributed by atoms with Crippen LogP contribution < -0.4 is 11.1 Å². The number of rotatable bonds is 39. The SMILES string of the molecule is CCCCCC/C=C\C/C=C\CCCCCCCCCC(=O)NC(COP(=O)(O)OCCN)C(O)/C=C/CC/C=C/CC/C=C/CCCCCCCC. The molecule has 0 rings (SSSR count). The number of phosphoric ester groups is 1. The largest absolute Gasteiger partial charge is 0.472 e. The van der Waals surface area contributed by atoms with Gasteiger partial charge in [0.2, 0.25) is 5.91 Å². The number of aliphatic hydroxyl groups is 1. The number of aliphatic hydroxyl groups excluding tert-OH is 1. The van der Waals surface area contributed by atoms with Crippen LogP contribution in [0, 0.1) is 0 Å². The number of nitrogens with two attached hydrogens (primary N) is 1. The molecular formula is C44H81N2O6P. The Morgan fingerprint density at radius 2 is 1.06 bits per heavy atom. The smallest absolute Gasteiger partial charge is 0.387 e. The van der Waals surface area contributed by atoms with Gasteiger partial charge < -0.3 is 21.1 Å².